The van der Waals surface area contributed by atoms with Crippen molar-refractivity contribution in [3.8, 4) is 0 Å². The SMILES string of the molecule is Cc1c(Cl)cc(S(=O)(=O)N2CCSc3ccccc32)cc1[N+](=O)[O-]. The lowest BCUT2D eigenvalue weighted by Gasteiger charge is -2.30. The Morgan fingerprint density at radius 3 is 2.71 bits per heavy atom. The van der Waals surface area contributed by atoms with Crippen LogP contribution in [0.1, 0.15) is 5.56 Å². The van der Waals surface area contributed by atoms with Crippen LogP contribution in [0.5, 0.6) is 0 Å². The molecule has 0 bridgehead atoms. The molecule has 0 N–H and O–H groups in total. The highest BCUT2D eigenvalue weighted by Gasteiger charge is 2.31. The van der Waals surface area contributed by atoms with Gasteiger partial charge in [0.2, 0.25) is 0 Å². The van der Waals surface area contributed by atoms with Crippen LogP contribution in [0.4, 0.5) is 11.4 Å². The Morgan fingerprint density at radius 2 is 2.00 bits per heavy atom. The van der Waals surface area contributed by atoms with Gasteiger partial charge < -0.3 is 0 Å². The van der Waals surface area contributed by atoms with Crippen LogP contribution in [0.25, 0.3) is 0 Å². The van der Waals surface area contributed by atoms with Gasteiger partial charge in [0, 0.05) is 28.8 Å². The van der Waals surface area contributed by atoms with Crippen LogP contribution in [0.2, 0.25) is 5.02 Å². The number of para-hydroxylation sites is 1. The highest BCUT2D eigenvalue weighted by Crippen LogP contribution is 2.39. The van der Waals surface area contributed by atoms with E-state index in [4.69, 9.17) is 11.6 Å². The summed E-state index contributed by atoms with van der Waals surface area (Å²) in [4.78, 5) is 11.2. The lowest BCUT2D eigenvalue weighted by molar-refractivity contribution is -0.385. The predicted octanol–water partition coefficient (Wildman–Crippen LogP) is 3.86. The lowest BCUT2D eigenvalue weighted by Crippen LogP contribution is -2.35. The first-order chi connectivity index (χ1) is 11.3. The Labute approximate surface area is 148 Å². The van der Waals surface area contributed by atoms with Crippen molar-refractivity contribution in [3.63, 3.8) is 0 Å². The van der Waals surface area contributed by atoms with Crippen molar-refractivity contribution in [2.24, 2.45) is 0 Å². The second-order valence-electron chi connectivity index (χ2n) is 5.20. The van der Waals surface area contributed by atoms with Gasteiger partial charge in [-0.15, -0.1) is 11.8 Å². The number of hydrogen-bond donors (Lipinski definition) is 0. The minimum absolute atomic E-state index is 0.0578. The Morgan fingerprint density at radius 1 is 1.29 bits per heavy atom. The van der Waals surface area contributed by atoms with E-state index in [0.29, 0.717) is 18.0 Å². The summed E-state index contributed by atoms with van der Waals surface area (Å²) >= 11 is 7.59. The fraction of sp³-hybridized carbons (Fsp3) is 0.200. The fourth-order valence-corrected chi connectivity index (χ4v) is 5.48. The molecule has 0 fully saturated rings. The third kappa shape index (κ3) is 2.85. The summed E-state index contributed by atoms with van der Waals surface area (Å²) in [5.41, 5.74) is 0.518. The Hall–Kier alpha value is -1.77. The fourth-order valence-electron chi connectivity index (χ4n) is 2.50. The largest absolute Gasteiger partial charge is 0.275 e. The van der Waals surface area contributed by atoms with Crippen molar-refractivity contribution >= 4 is 44.8 Å². The van der Waals surface area contributed by atoms with Crippen LogP contribution >= 0.6 is 23.4 Å². The number of benzene rings is 2. The maximum atomic E-state index is 13.0. The molecule has 0 unspecified atom stereocenters. The summed E-state index contributed by atoms with van der Waals surface area (Å²) in [7, 11) is -3.94. The summed E-state index contributed by atoms with van der Waals surface area (Å²) in [6.45, 7) is 1.78. The van der Waals surface area contributed by atoms with Gasteiger partial charge in [0.15, 0.2) is 0 Å². The molecule has 0 amide bonds. The number of nitro benzene ring substituents is 1. The molecule has 2 aromatic rings. The van der Waals surface area contributed by atoms with E-state index in [0.717, 1.165) is 11.0 Å². The third-order valence-electron chi connectivity index (χ3n) is 3.76. The second-order valence-corrected chi connectivity index (χ2v) is 8.61. The second kappa shape index (κ2) is 6.27. The van der Waals surface area contributed by atoms with Gasteiger partial charge in [0.1, 0.15) is 0 Å². The number of halogens is 1. The summed E-state index contributed by atoms with van der Waals surface area (Å²) in [6, 6.07) is 9.52. The number of anilines is 1. The van der Waals surface area contributed by atoms with Crippen molar-refractivity contribution < 1.29 is 13.3 Å². The van der Waals surface area contributed by atoms with E-state index in [1.54, 1.807) is 23.9 Å². The molecular weight excluding hydrogens is 372 g/mol. The van der Waals surface area contributed by atoms with E-state index in [-0.39, 0.29) is 21.2 Å². The van der Waals surface area contributed by atoms with Crippen molar-refractivity contribution in [1.82, 2.24) is 0 Å². The Bertz CT molecular complexity index is 931. The van der Waals surface area contributed by atoms with E-state index in [2.05, 4.69) is 0 Å². The molecule has 24 heavy (non-hydrogen) atoms. The van der Waals surface area contributed by atoms with Gasteiger partial charge in [0.25, 0.3) is 15.7 Å². The molecule has 6 nitrogen and oxygen atoms in total. The highest BCUT2D eigenvalue weighted by atomic mass is 35.5. The molecule has 0 saturated heterocycles. The average Bonchev–Trinajstić information content (AvgIpc) is 2.56. The predicted molar refractivity (Wildman–Crippen MR) is 94.5 cm³/mol. The molecule has 0 spiro atoms. The Kier molecular flexibility index (Phi) is 4.46. The third-order valence-corrected chi connectivity index (χ3v) is 6.99. The molecule has 0 aliphatic carbocycles. The van der Waals surface area contributed by atoms with Gasteiger partial charge >= 0.3 is 0 Å². The molecule has 0 aromatic heterocycles. The van der Waals surface area contributed by atoms with Crippen molar-refractivity contribution in [2.75, 3.05) is 16.6 Å². The quantitative estimate of drug-likeness (QED) is 0.593. The minimum Gasteiger partial charge on any atom is -0.264 e. The van der Waals surface area contributed by atoms with Crippen LogP contribution in [-0.2, 0) is 10.0 Å². The first-order valence-electron chi connectivity index (χ1n) is 7.01. The zero-order valence-corrected chi connectivity index (χ0v) is 15.0. The van der Waals surface area contributed by atoms with Crippen LogP contribution in [0.15, 0.2) is 46.2 Å². The summed E-state index contributed by atoms with van der Waals surface area (Å²) in [6.07, 6.45) is 0. The summed E-state index contributed by atoms with van der Waals surface area (Å²) in [5.74, 6) is 0.609. The molecule has 1 aliphatic heterocycles. The number of rotatable bonds is 3. The van der Waals surface area contributed by atoms with Gasteiger partial charge in [-0.25, -0.2) is 8.42 Å². The normalized spacial score (nSPS) is 14.3. The first-order valence-corrected chi connectivity index (χ1v) is 9.82. The average molecular weight is 385 g/mol. The number of thioether (sulfide) groups is 1. The lowest BCUT2D eigenvalue weighted by atomic mass is 10.2. The van der Waals surface area contributed by atoms with Crippen LogP contribution in [-0.4, -0.2) is 25.6 Å². The standard InChI is InChI=1S/C15H13ClN2O4S2/c1-10-12(16)8-11(9-14(10)18(19)20)24(21,22)17-6-7-23-15-5-3-2-4-13(15)17/h2-5,8-9H,6-7H2,1H3. The highest BCUT2D eigenvalue weighted by molar-refractivity contribution is 8.00. The maximum absolute atomic E-state index is 13.0. The van der Waals surface area contributed by atoms with E-state index >= 15 is 0 Å². The monoisotopic (exact) mass is 384 g/mol. The summed E-state index contributed by atoms with van der Waals surface area (Å²) in [5, 5.41) is 11.2. The number of nitro groups is 1. The van der Waals surface area contributed by atoms with Gasteiger partial charge in [-0.2, -0.15) is 0 Å². The van der Waals surface area contributed by atoms with Crippen molar-refractivity contribution in [2.45, 2.75) is 16.7 Å². The molecule has 9 heteroatoms. The Balaban J connectivity index is 2.15. The molecule has 1 heterocycles. The zero-order chi connectivity index (χ0) is 17.5. The van der Waals surface area contributed by atoms with Crippen molar-refractivity contribution in [1.29, 1.82) is 0 Å². The first kappa shape index (κ1) is 17.1. The smallest absolute Gasteiger partial charge is 0.264 e. The van der Waals surface area contributed by atoms with E-state index in [9.17, 15) is 18.5 Å². The van der Waals surface area contributed by atoms with Crippen LogP contribution in [0, 0.1) is 17.0 Å². The van der Waals surface area contributed by atoms with Crippen LogP contribution < -0.4 is 4.31 Å². The van der Waals surface area contributed by atoms with Crippen molar-refractivity contribution in [3.05, 3.63) is 57.1 Å². The molecular formula is C15H13ClN2O4S2. The van der Waals surface area contributed by atoms with E-state index < -0.39 is 14.9 Å². The van der Waals surface area contributed by atoms with Gasteiger partial charge in [-0.3, -0.25) is 14.4 Å². The molecule has 0 radical (unpaired) electrons. The van der Waals surface area contributed by atoms with Gasteiger partial charge in [0.05, 0.1) is 20.5 Å². The minimum atomic E-state index is -3.94. The molecule has 3 rings (SSSR count). The number of nitrogens with zero attached hydrogens (tertiary/aromatic N) is 2. The zero-order valence-electron chi connectivity index (χ0n) is 12.6. The summed E-state index contributed by atoms with van der Waals surface area (Å²) < 4.78 is 27.3. The number of hydrogen-bond acceptors (Lipinski definition) is 5. The van der Waals surface area contributed by atoms with E-state index in [1.807, 2.05) is 12.1 Å². The molecule has 0 saturated carbocycles. The molecule has 126 valence electrons. The molecule has 1 aliphatic rings. The molecule has 0 atom stereocenters. The van der Waals surface area contributed by atoms with Crippen LogP contribution in [0.3, 0.4) is 0 Å². The maximum Gasteiger partial charge on any atom is 0.275 e. The molecule has 2 aromatic carbocycles. The van der Waals surface area contributed by atoms with Gasteiger partial charge in [-0.05, 0) is 25.1 Å². The van der Waals surface area contributed by atoms with E-state index in [1.165, 1.54) is 17.3 Å². The topological polar surface area (TPSA) is 80.5 Å². The van der Waals surface area contributed by atoms with Gasteiger partial charge in [-0.1, -0.05) is 23.7 Å². The number of fused-ring (bicyclic) bond motifs is 1. The number of sulfonamides is 1.